The van der Waals surface area contributed by atoms with Gasteiger partial charge in [-0.2, -0.15) is 0 Å². The summed E-state index contributed by atoms with van der Waals surface area (Å²) >= 11 is 0. The molecule has 0 atom stereocenters. The Morgan fingerprint density at radius 2 is 1.92 bits per heavy atom. The molecular weight excluding hydrogens is 327 g/mol. The Morgan fingerprint density at radius 1 is 1.12 bits per heavy atom. The van der Waals surface area contributed by atoms with Crippen molar-refractivity contribution in [2.45, 2.75) is 32.4 Å². The van der Waals surface area contributed by atoms with Crippen molar-refractivity contribution >= 4 is 16.7 Å². The van der Waals surface area contributed by atoms with Crippen LogP contribution in [0.5, 0.6) is 0 Å². The zero-order valence-electron chi connectivity index (χ0n) is 15.0. The van der Waals surface area contributed by atoms with Crippen LogP contribution in [0.1, 0.15) is 24.0 Å². The molecule has 3 aromatic rings. The lowest BCUT2D eigenvalue weighted by Gasteiger charge is -2.33. The van der Waals surface area contributed by atoms with Gasteiger partial charge in [-0.3, -0.25) is 4.90 Å². The molecule has 1 aliphatic rings. The van der Waals surface area contributed by atoms with Crippen molar-refractivity contribution in [1.82, 2.24) is 14.9 Å². The molecule has 1 N–H and O–H groups in total. The van der Waals surface area contributed by atoms with Gasteiger partial charge in [0.15, 0.2) is 0 Å². The van der Waals surface area contributed by atoms with Crippen molar-refractivity contribution in [2.24, 2.45) is 0 Å². The minimum Gasteiger partial charge on any atom is -0.367 e. The smallest absolute Gasteiger partial charge is 0.137 e. The van der Waals surface area contributed by atoms with Crippen LogP contribution < -0.4 is 5.32 Å². The third-order valence-corrected chi connectivity index (χ3v) is 5.18. The minimum absolute atomic E-state index is 0.261. The van der Waals surface area contributed by atoms with Gasteiger partial charge in [0.1, 0.15) is 18.0 Å². The molecule has 0 bridgehead atoms. The molecule has 4 nitrogen and oxygen atoms in total. The molecule has 1 saturated heterocycles. The van der Waals surface area contributed by atoms with Gasteiger partial charge in [0, 0.05) is 31.1 Å². The Kier molecular flexibility index (Phi) is 4.80. The van der Waals surface area contributed by atoms with Gasteiger partial charge >= 0.3 is 0 Å². The molecule has 0 spiro atoms. The number of hydrogen-bond donors (Lipinski definition) is 1. The quantitative estimate of drug-likeness (QED) is 0.767. The van der Waals surface area contributed by atoms with Gasteiger partial charge in [-0.25, -0.2) is 14.4 Å². The molecular formula is C21H23FN4. The van der Waals surface area contributed by atoms with Crippen molar-refractivity contribution in [2.75, 3.05) is 18.4 Å². The van der Waals surface area contributed by atoms with E-state index in [1.54, 1.807) is 6.07 Å². The number of benzene rings is 2. The van der Waals surface area contributed by atoms with E-state index in [1.165, 1.54) is 29.6 Å². The lowest BCUT2D eigenvalue weighted by atomic mass is 10.0. The molecule has 5 heteroatoms. The van der Waals surface area contributed by atoms with E-state index < -0.39 is 0 Å². The van der Waals surface area contributed by atoms with E-state index in [4.69, 9.17) is 0 Å². The Bertz CT molecular complexity index is 903. The van der Waals surface area contributed by atoms with Crippen LogP contribution in [0.3, 0.4) is 0 Å². The van der Waals surface area contributed by atoms with Gasteiger partial charge in [0.05, 0.1) is 5.52 Å². The number of likely N-dealkylation sites (tertiary alicyclic amines) is 1. The maximum absolute atomic E-state index is 13.6. The maximum atomic E-state index is 13.6. The van der Waals surface area contributed by atoms with Gasteiger partial charge in [0.25, 0.3) is 0 Å². The fourth-order valence-electron chi connectivity index (χ4n) is 3.60. The van der Waals surface area contributed by atoms with Gasteiger partial charge in [0.2, 0.25) is 0 Å². The van der Waals surface area contributed by atoms with Crippen molar-refractivity contribution in [3.8, 4) is 0 Å². The Hall–Kier alpha value is -2.53. The first-order valence-corrected chi connectivity index (χ1v) is 9.13. The van der Waals surface area contributed by atoms with E-state index in [0.717, 1.165) is 49.2 Å². The second-order valence-corrected chi connectivity index (χ2v) is 7.00. The molecule has 2 heterocycles. The third-order valence-electron chi connectivity index (χ3n) is 5.18. The highest BCUT2D eigenvalue weighted by Gasteiger charge is 2.20. The SMILES string of the molecule is Cc1ccccc1CN1CCC(Nc2ncnc3ccc(F)cc23)CC1. The number of fused-ring (bicyclic) bond motifs is 1. The summed E-state index contributed by atoms with van der Waals surface area (Å²) in [7, 11) is 0. The fraction of sp³-hybridized carbons (Fsp3) is 0.333. The van der Waals surface area contributed by atoms with Crippen LogP contribution in [0.15, 0.2) is 48.8 Å². The topological polar surface area (TPSA) is 41.0 Å². The average molecular weight is 350 g/mol. The number of anilines is 1. The van der Waals surface area contributed by atoms with Crippen molar-refractivity contribution < 1.29 is 4.39 Å². The zero-order chi connectivity index (χ0) is 17.9. The van der Waals surface area contributed by atoms with Crippen LogP contribution in [0.25, 0.3) is 10.9 Å². The van der Waals surface area contributed by atoms with Gasteiger partial charge < -0.3 is 5.32 Å². The highest BCUT2D eigenvalue weighted by atomic mass is 19.1. The summed E-state index contributed by atoms with van der Waals surface area (Å²) in [6.07, 6.45) is 3.63. The second kappa shape index (κ2) is 7.38. The van der Waals surface area contributed by atoms with E-state index in [-0.39, 0.29) is 5.82 Å². The molecule has 0 amide bonds. The summed E-state index contributed by atoms with van der Waals surface area (Å²) < 4.78 is 13.6. The van der Waals surface area contributed by atoms with E-state index in [2.05, 4.69) is 51.4 Å². The molecule has 0 aliphatic carbocycles. The lowest BCUT2D eigenvalue weighted by Crippen LogP contribution is -2.39. The number of piperidine rings is 1. The molecule has 2 aromatic carbocycles. The Balaban J connectivity index is 1.40. The summed E-state index contributed by atoms with van der Waals surface area (Å²) in [5.74, 6) is 0.468. The van der Waals surface area contributed by atoms with Gasteiger partial charge in [-0.05, 0) is 49.1 Å². The minimum atomic E-state index is -0.261. The largest absolute Gasteiger partial charge is 0.367 e. The van der Waals surface area contributed by atoms with Crippen molar-refractivity contribution in [3.63, 3.8) is 0 Å². The van der Waals surface area contributed by atoms with Gasteiger partial charge in [-0.1, -0.05) is 24.3 Å². The summed E-state index contributed by atoms with van der Waals surface area (Å²) in [5.41, 5.74) is 3.51. The van der Waals surface area contributed by atoms with Crippen LogP contribution in [0, 0.1) is 12.7 Å². The summed E-state index contributed by atoms with van der Waals surface area (Å²) in [6.45, 7) is 5.26. The number of nitrogens with one attached hydrogen (secondary N) is 1. The third kappa shape index (κ3) is 3.68. The summed E-state index contributed by atoms with van der Waals surface area (Å²) in [6, 6.07) is 13.6. The molecule has 1 aliphatic heterocycles. The molecule has 134 valence electrons. The van der Waals surface area contributed by atoms with E-state index >= 15 is 0 Å². The molecule has 1 aromatic heterocycles. The van der Waals surface area contributed by atoms with E-state index in [9.17, 15) is 4.39 Å². The molecule has 0 radical (unpaired) electrons. The van der Waals surface area contributed by atoms with Crippen LogP contribution >= 0.6 is 0 Å². The highest BCUT2D eigenvalue weighted by molar-refractivity contribution is 5.88. The van der Waals surface area contributed by atoms with Gasteiger partial charge in [-0.15, -0.1) is 0 Å². The lowest BCUT2D eigenvalue weighted by molar-refractivity contribution is 0.211. The molecule has 0 unspecified atom stereocenters. The number of aryl methyl sites for hydroxylation is 1. The first-order chi connectivity index (χ1) is 12.7. The molecule has 1 fully saturated rings. The number of rotatable bonds is 4. The van der Waals surface area contributed by atoms with E-state index in [1.807, 2.05) is 0 Å². The average Bonchev–Trinajstić information content (AvgIpc) is 2.66. The highest BCUT2D eigenvalue weighted by Crippen LogP contribution is 2.24. The monoisotopic (exact) mass is 350 g/mol. The number of hydrogen-bond acceptors (Lipinski definition) is 4. The zero-order valence-corrected chi connectivity index (χ0v) is 15.0. The van der Waals surface area contributed by atoms with Crippen LogP contribution in [0.4, 0.5) is 10.2 Å². The summed E-state index contributed by atoms with van der Waals surface area (Å²) in [4.78, 5) is 11.1. The number of halogens is 1. The second-order valence-electron chi connectivity index (χ2n) is 7.00. The first-order valence-electron chi connectivity index (χ1n) is 9.13. The molecule has 26 heavy (non-hydrogen) atoms. The standard InChI is InChI=1S/C21H23FN4/c1-15-4-2-3-5-16(15)13-26-10-8-18(9-11-26)25-21-19-12-17(22)6-7-20(19)23-14-24-21/h2-7,12,14,18H,8-11,13H2,1H3,(H,23,24,25). The summed E-state index contributed by atoms with van der Waals surface area (Å²) in [5, 5.41) is 4.25. The molecule has 0 saturated carbocycles. The number of nitrogens with zero attached hydrogens (tertiary/aromatic N) is 3. The normalized spacial score (nSPS) is 16.1. The van der Waals surface area contributed by atoms with Crippen molar-refractivity contribution in [3.05, 3.63) is 65.7 Å². The maximum Gasteiger partial charge on any atom is 0.137 e. The predicted octanol–water partition coefficient (Wildman–Crippen LogP) is 4.15. The van der Waals surface area contributed by atoms with Crippen LogP contribution in [0.2, 0.25) is 0 Å². The fourth-order valence-corrected chi connectivity index (χ4v) is 3.60. The Morgan fingerprint density at radius 3 is 2.73 bits per heavy atom. The Labute approximate surface area is 153 Å². The predicted molar refractivity (Wildman–Crippen MR) is 103 cm³/mol. The van der Waals surface area contributed by atoms with E-state index in [0.29, 0.717) is 6.04 Å². The van der Waals surface area contributed by atoms with Crippen LogP contribution in [-0.2, 0) is 6.54 Å². The van der Waals surface area contributed by atoms with Crippen molar-refractivity contribution in [1.29, 1.82) is 0 Å². The molecule has 4 rings (SSSR count). The first kappa shape index (κ1) is 16.9. The van der Waals surface area contributed by atoms with Crippen LogP contribution in [-0.4, -0.2) is 34.0 Å². The number of aromatic nitrogens is 2.